The summed E-state index contributed by atoms with van der Waals surface area (Å²) in [6.07, 6.45) is 5.75. The van der Waals surface area contributed by atoms with E-state index >= 15 is 0 Å². The van der Waals surface area contributed by atoms with E-state index in [2.05, 4.69) is 11.5 Å². The van der Waals surface area contributed by atoms with E-state index in [1.54, 1.807) is 46.7 Å². The smallest absolute Gasteiger partial charge is 0.334 e. The third-order valence-electron chi connectivity index (χ3n) is 6.40. The van der Waals surface area contributed by atoms with Crippen molar-refractivity contribution in [1.82, 2.24) is 9.55 Å². The van der Waals surface area contributed by atoms with Crippen LogP contribution in [-0.4, -0.2) is 57.0 Å². The van der Waals surface area contributed by atoms with Crippen LogP contribution in [0.1, 0.15) is 37.9 Å². The van der Waals surface area contributed by atoms with Gasteiger partial charge in [-0.1, -0.05) is 13.3 Å². The lowest BCUT2D eigenvalue weighted by Crippen LogP contribution is -2.11. The summed E-state index contributed by atoms with van der Waals surface area (Å²) in [7, 11) is 4.74. The minimum atomic E-state index is -0.443. The zero-order chi connectivity index (χ0) is 28.5. The molecule has 0 amide bonds. The van der Waals surface area contributed by atoms with Crippen LogP contribution >= 0.6 is 0 Å². The van der Waals surface area contributed by atoms with Gasteiger partial charge >= 0.3 is 5.97 Å². The Hall–Kier alpha value is -4.18. The van der Waals surface area contributed by atoms with E-state index in [0.717, 1.165) is 36.2 Å². The van der Waals surface area contributed by atoms with Gasteiger partial charge in [-0.15, -0.1) is 0 Å². The second-order valence-corrected chi connectivity index (χ2v) is 9.02. The summed E-state index contributed by atoms with van der Waals surface area (Å²) in [4.78, 5) is 17.9. The lowest BCUT2D eigenvalue weighted by molar-refractivity contribution is -0.138. The minimum absolute atomic E-state index is 0.0619. The van der Waals surface area contributed by atoms with E-state index in [0.29, 0.717) is 40.0 Å². The number of carbonyl (C=O) groups is 1. The van der Waals surface area contributed by atoms with Gasteiger partial charge in [0.1, 0.15) is 17.2 Å². The number of rotatable bonds is 14. The molecule has 2 heterocycles. The maximum absolute atomic E-state index is 13.2. The summed E-state index contributed by atoms with van der Waals surface area (Å²) < 4.78 is 40.7. The highest BCUT2D eigenvalue weighted by Crippen LogP contribution is 2.40. The van der Waals surface area contributed by atoms with E-state index in [-0.39, 0.29) is 26.6 Å². The Kier molecular flexibility index (Phi) is 9.91. The van der Waals surface area contributed by atoms with E-state index in [4.69, 9.17) is 38.1 Å². The number of hydrogen-bond acceptors (Lipinski definition) is 9. The first-order chi connectivity index (χ1) is 19.5. The molecule has 0 fully saturated rings. The number of methoxy groups -OCH3 is 3. The molecule has 10 heteroatoms. The Morgan fingerprint density at radius 2 is 1.85 bits per heavy atom. The van der Waals surface area contributed by atoms with Crippen LogP contribution in [0.4, 0.5) is 0 Å². The number of fused-ring (bicyclic) bond motifs is 1. The Morgan fingerprint density at radius 3 is 2.55 bits per heavy atom. The predicted molar refractivity (Wildman–Crippen MR) is 149 cm³/mol. The van der Waals surface area contributed by atoms with Crippen molar-refractivity contribution in [3.05, 3.63) is 53.5 Å². The Labute approximate surface area is 234 Å². The van der Waals surface area contributed by atoms with Crippen LogP contribution in [-0.2, 0) is 27.2 Å². The Bertz CT molecular complexity index is 1350. The van der Waals surface area contributed by atoms with Gasteiger partial charge in [-0.25, -0.2) is 9.78 Å². The number of carbonyl (C=O) groups excluding carboxylic acids is 1. The molecule has 214 valence electrons. The fraction of sp³-hybridized carbons (Fsp3) is 0.400. The second-order valence-electron chi connectivity index (χ2n) is 9.02. The van der Waals surface area contributed by atoms with Gasteiger partial charge < -0.3 is 37.7 Å². The van der Waals surface area contributed by atoms with Crippen LogP contribution in [0.3, 0.4) is 0 Å². The fourth-order valence-electron chi connectivity index (χ4n) is 4.43. The molecule has 10 nitrogen and oxygen atoms in total. The number of esters is 1. The third kappa shape index (κ3) is 6.51. The summed E-state index contributed by atoms with van der Waals surface area (Å²) in [6, 6.07) is 9.19. The van der Waals surface area contributed by atoms with Crippen molar-refractivity contribution in [3.63, 3.8) is 0 Å². The summed E-state index contributed by atoms with van der Waals surface area (Å²) in [5, 5.41) is 0. The van der Waals surface area contributed by atoms with Gasteiger partial charge in [0.05, 0.1) is 38.5 Å². The van der Waals surface area contributed by atoms with Crippen molar-refractivity contribution >= 4 is 12.0 Å². The van der Waals surface area contributed by atoms with Crippen molar-refractivity contribution in [3.8, 4) is 40.0 Å². The van der Waals surface area contributed by atoms with E-state index in [9.17, 15) is 4.79 Å². The number of imidazole rings is 1. The first-order valence-corrected chi connectivity index (χ1v) is 13.2. The molecule has 40 heavy (non-hydrogen) atoms. The molecule has 0 saturated carbocycles. The van der Waals surface area contributed by atoms with Gasteiger partial charge in [0, 0.05) is 48.9 Å². The van der Waals surface area contributed by atoms with Gasteiger partial charge in [-0.3, -0.25) is 0 Å². The van der Waals surface area contributed by atoms with Gasteiger partial charge in [0.2, 0.25) is 6.79 Å². The largest absolute Gasteiger partial charge is 0.497 e. The predicted octanol–water partition coefficient (Wildman–Crippen LogP) is 5.27. The quantitative estimate of drug-likeness (QED) is 0.150. The molecule has 1 aliphatic heterocycles. The minimum Gasteiger partial charge on any atom is -0.497 e. The van der Waals surface area contributed by atoms with Crippen LogP contribution in [0.2, 0.25) is 0 Å². The van der Waals surface area contributed by atoms with Gasteiger partial charge in [0.25, 0.3) is 0 Å². The number of nitrogens with zero attached hydrogens (tertiary/aromatic N) is 2. The van der Waals surface area contributed by atoms with Crippen LogP contribution in [0.25, 0.3) is 17.3 Å². The van der Waals surface area contributed by atoms with Crippen LogP contribution in [0, 0.1) is 0 Å². The zero-order valence-corrected chi connectivity index (χ0v) is 23.7. The maximum atomic E-state index is 13.2. The lowest BCUT2D eigenvalue weighted by Gasteiger charge is -2.16. The number of unbranched alkanes of at least 4 members (excludes halogenated alkanes) is 1. The van der Waals surface area contributed by atoms with Crippen LogP contribution < -0.4 is 23.7 Å². The molecule has 1 aromatic heterocycles. The molecule has 0 saturated heterocycles. The van der Waals surface area contributed by atoms with Gasteiger partial charge in [-0.2, -0.15) is 0 Å². The molecule has 0 atom stereocenters. The molecule has 1 aliphatic rings. The Morgan fingerprint density at radius 1 is 1.05 bits per heavy atom. The van der Waals surface area contributed by atoms with Crippen molar-refractivity contribution in [2.24, 2.45) is 0 Å². The maximum Gasteiger partial charge on any atom is 0.334 e. The number of hydrogen-bond donors (Lipinski definition) is 0. The second kappa shape index (κ2) is 13.7. The average molecular weight is 553 g/mol. The average Bonchev–Trinajstić information content (AvgIpc) is 3.60. The van der Waals surface area contributed by atoms with Crippen LogP contribution in [0.5, 0.6) is 28.7 Å². The zero-order valence-electron chi connectivity index (χ0n) is 23.7. The first-order valence-electron chi connectivity index (χ1n) is 13.2. The first kappa shape index (κ1) is 28.8. The Balaban J connectivity index is 1.84. The number of ether oxygens (including phenoxy) is 7. The topological polar surface area (TPSA) is 99.5 Å². The van der Waals surface area contributed by atoms with E-state index in [1.807, 2.05) is 24.3 Å². The molecule has 0 bridgehead atoms. The number of aromatic nitrogens is 2. The third-order valence-corrected chi connectivity index (χ3v) is 6.40. The molecule has 3 aromatic rings. The molecule has 0 N–H and O–H groups in total. The molecular weight excluding hydrogens is 516 g/mol. The highest BCUT2D eigenvalue weighted by atomic mass is 16.7. The SMILES string of the molecule is CCCCn1cnc(C=C(Cc2cc3c(cc2OC)OCO3)C(=O)OCC)c1-c1ccc(OC)cc1OCOC. The van der Waals surface area contributed by atoms with Crippen LogP contribution in [0.15, 0.2) is 42.2 Å². The van der Waals surface area contributed by atoms with Gasteiger partial charge in [0.15, 0.2) is 18.3 Å². The molecular formula is C30H36N2O8. The molecule has 0 spiro atoms. The fourth-order valence-corrected chi connectivity index (χ4v) is 4.43. The number of aryl methyl sites for hydroxylation is 1. The van der Waals surface area contributed by atoms with Crippen molar-refractivity contribution in [2.45, 2.75) is 39.7 Å². The summed E-state index contributed by atoms with van der Waals surface area (Å²) in [5.74, 6) is 2.56. The molecule has 2 aromatic carbocycles. The van der Waals surface area contributed by atoms with E-state index in [1.165, 1.54) is 0 Å². The van der Waals surface area contributed by atoms with E-state index < -0.39 is 5.97 Å². The molecule has 0 radical (unpaired) electrons. The number of benzene rings is 2. The summed E-state index contributed by atoms with van der Waals surface area (Å²) in [5.41, 5.74) is 3.37. The monoisotopic (exact) mass is 552 g/mol. The normalized spacial score (nSPS) is 12.4. The van der Waals surface area contributed by atoms with Crippen molar-refractivity contribution in [2.75, 3.05) is 41.5 Å². The summed E-state index contributed by atoms with van der Waals surface area (Å²) in [6.45, 7) is 5.09. The summed E-state index contributed by atoms with van der Waals surface area (Å²) >= 11 is 0. The lowest BCUT2D eigenvalue weighted by atomic mass is 10.0. The molecule has 4 rings (SSSR count). The molecule has 0 aliphatic carbocycles. The van der Waals surface area contributed by atoms with Crippen molar-refractivity contribution in [1.29, 1.82) is 0 Å². The van der Waals surface area contributed by atoms with Crippen molar-refractivity contribution < 1.29 is 38.0 Å². The highest BCUT2D eigenvalue weighted by Gasteiger charge is 2.23. The highest BCUT2D eigenvalue weighted by molar-refractivity contribution is 5.95. The standard InChI is InChI=1S/C30H36N2O8/c1-6-8-11-32-17-31-24(29(32)23-10-9-22(35-4)15-26(23)38-18-34-3)13-21(30(33)37-7-2)12-20-14-27-28(40-19-39-27)16-25(20)36-5/h9-10,13-17H,6-8,11-12,18-19H2,1-5H3. The van der Waals surface area contributed by atoms with Gasteiger partial charge in [-0.05, 0) is 37.6 Å². The molecule has 0 unspecified atom stereocenters.